The fourth-order valence-electron chi connectivity index (χ4n) is 5.11. The number of hydrogen-bond donors (Lipinski definition) is 1. The molecular formula is C31H35Cl2N3O5S. The summed E-state index contributed by atoms with van der Waals surface area (Å²) in [6, 6.07) is 18.4. The summed E-state index contributed by atoms with van der Waals surface area (Å²) in [5, 5.41) is 3.96. The second-order valence-corrected chi connectivity index (χ2v) is 12.9. The third kappa shape index (κ3) is 7.56. The number of hydrogen-bond acceptors (Lipinski definition) is 5. The Morgan fingerprint density at radius 3 is 2.21 bits per heavy atom. The Morgan fingerprint density at radius 2 is 1.62 bits per heavy atom. The van der Waals surface area contributed by atoms with Crippen molar-refractivity contribution in [1.82, 2.24) is 10.2 Å². The van der Waals surface area contributed by atoms with E-state index in [4.69, 9.17) is 27.9 Å². The van der Waals surface area contributed by atoms with Gasteiger partial charge in [0.15, 0.2) is 0 Å². The highest BCUT2D eigenvalue weighted by molar-refractivity contribution is 7.92. The summed E-state index contributed by atoms with van der Waals surface area (Å²) < 4.78 is 34.2. The Hall–Kier alpha value is -3.27. The molecule has 0 spiro atoms. The largest absolute Gasteiger partial charge is 0.497 e. The van der Waals surface area contributed by atoms with Crippen LogP contribution in [0.4, 0.5) is 5.69 Å². The van der Waals surface area contributed by atoms with E-state index in [-0.39, 0.29) is 29.1 Å². The third-order valence-electron chi connectivity index (χ3n) is 7.43. The summed E-state index contributed by atoms with van der Waals surface area (Å²) in [7, 11) is -2.72. The van der Waals surface area contributed by atoms with Crippen molar-refractivity contribution < 1.29 is 22.7 Å². The standard InChI is InChI=1S/C31H35Cl2N3O5S/c1-3-29(31(38)34-24-9-5-6-10-24)35(20-22-8-4-7-11-28(22)33)30(37)21-36(25-14-12-23(32)13-15-25)42(39,40)27-18-16-26(41-2)17-19-27/h4,7-8,11-19,24,29H,3,5-6,9-10,20-21H2,1-2H3,(H,34,38). The van der Waals surface area contributed by atoms with Gasteiger partial charge in [0.1, 0.15) is 18.3 Å². The fourth-order valence-corrected chi connectivity index (χ4v) is 6.84. The number of amides is 2. The number of anilines is 1. The Morgan fingerprint density at radius 1 is 0.976 bits per heavy atom. The van der Waals surface area contributed by atoms with Crippen LogP contribution in [0.3, 0.4) is 0 Å². The van der Waals surface area contributed by atoms with Crippen molar-refractivity contribution in [2.24, 2.45) is 0 Å². The van der Waals surface area contributed by atoms with Crippen molar-refractivity contribution >= 4 is 50.7 Å². The second-order valence-electron chi connectivity index (χ2n) is 10.2. The summed E-state index contributed by atoms with van der Waals surface area (Å²) in [6.07, 6.45) is 4.21. The molecule has 3 aromatic carbocycles. The normalized spacial score (nSPS) is 14.3. The number of methoxy groups -OCH3 is 1. The van der Waals surface area contributed by atoms with Gasteiger partial charge in [-0.15, -0.1) is 0 Å². The van der Waals surface area contributed by atoms with Crippen molar-refractivity contribution in [3.05, 3.63) is 88.4 Å². The fraction of sp³-hybridized carbons (Fsp3) is 0.355. The minimum atomic E-state index is -4.21. The quantitative estimate of drug-likeness (QED) is 0.262. The van der Waals surface area contributed by atoms with Gasteiger partial charge in [-0.25, -0.2) is 8.42 Å². The molecule has 2 amide bonds. The van der Waals surface area contributed by atoms with Crippen LogP contribution >= 0.6 is 23.2 Å². The van der Waals surface area contributed by atoms with Crippen molar-refractivity contribution in [1.29, 1.82) is 0 Å². The van der Waals surface area contributed by atoms with Crippen LogP contribution in [0.1, 0.15) is 44.6 Å². The minimum Gasteiger partial charge on any atom is -0.497 e. The molecule has 1 saturated carbocycles. The van der Waals surface area contributed by atoms with Gasteiger partial charge in [-0.1, -0.05) is 61.2 Å². The Bertz CT molecular complexity index is 1480. The van der Waals surface area contributed by atoms with Crippen molar-refractivity contribution in [2.45, 2.75) is 62.6 Å². The van der Waals surface area contributed by atoms with E-state index in [9.17, 15) is 18.0 Å². The Kier molecular flexibility index (Phi) is 10.8. The van der Waals surface area contributed by atoms with Crippen LogP contribution in [-0.4, -0.2) is 50.9 Å². The molecule has 0 bridgehead atoms. The van der Waals surface area contributed by atoms with Crippen LogP contribution in [0.2, 0.25) is 10.0 Å². The van der Waals surface area contributed by atoms with Gasteiger partial charge in [0.2, 0.25) is 11.8 Å². The average molecular weight is 633 g/mol. The lowest BCUT2D eigenvalue weighted by Crippen LogP contribution is -2.53. The summed E-state index contributed by atoms with van der Waals surface area (Å²) in [4.78, 5) is 29.1. The maximum Gasteiger partial charge on any atom is 0.264 e. The van der Waals surface area contributed by atoms with E-state index in [1.807, 2.05) is 6.92 Å². The minimum absolute atomic E-state index is 0.0188. The van der Waals surface area contributed by atoms with Gasteiger partial charge in [-0.05, 0) is 79.4 Å². The molecule has 1 aliphatic rings. The molecule has 0 aliphatic heterocycles. The van der Waals surface area contributed by atoms with Gasteiger partial charge < -0.3 is 15.0 Å². The van der Waals surface area contributed by atoms with E-state index in [1.54, 1.807) is 60.7 Å². The molecular weight excluding hydrogens is 597 g/mol. The van der Waals surface area contributed by atoms with Crippen LogP contribution in [0.25, 0.3) is 0 Å². The summed E-state index contributed by atoms with van der Waals surface area (Å²) in [5.41, 5.74) is 0.903. The summed E-state index contributed by atoms with van der Waals surface area (Å²) >= 11 is 12.6. The number of rotatable bonds is 12. The maximum absolute atomic E-state index is 14.2. The van der Waals surface area contributed by atoms with Crippen molar-refractivity contribution in [2.75, 3.05) is 18.0 Å². The van der Waals surface area contributed by atoms with E-state index < -0.39 is 28.5 Å². The molecule has 42 heavy (non-hydrogen) atoms. The molecule has 4 rings (SSSR count). The van der Waals surface area contributed by atoms with Gasteiger partial charge >= 0.3 is 0 Å². The smallest absolute Gasteiger partial charge is 0.264 e. The molecule has 3 aromatic rings. The first kappa shape index (κ1) is 31.7. The van der Waals surface area contributed by atoms with Crippen LogP contribution < -0.4 is 14.4 Å². The molecule has 1 fully saturated rings. The van der Waals surface area contributed by atoms with Gasteiger partial charge in [0, 0.05) is 22.6 Å². The Labute approximate surface area is 257 Å². The number of benzene rings is 3. The highest BCUT2D eigenvalue weighted by Crippen LogP contribution is 2.28. The number of carbonyl (C=O) groups excluding carboxylic acids is 2. The second kappa shape index (κ2) is 14.3. The number of sulfonamides is 1. The van der Waals surface area contributed by atoms with E-state index >= 15 is 0 Å². The Balaban J connectivity index is 1.71. The van der Waals surface area contributed by atoms with Gasteiger partial charge in [-0.2, -0.15) is 0 Å². The highest BCUT2D eigenvalue weighted by atomic mass is 35.5. The highest BCUT2D eigenvalue weighted by Gasteiger charge is 2.34. The predicted octanol–water partition coefficient (Wildman–Crippen LogP) is 6.06. The zero-order chi connectivity index (χ0) is 30.3. The van der Waals surface area contributed by atoms with Crippen LogP contribution in [0.5, 0.6) is 5.75 Å². The number of ether oxygens (including phenoxy) is 1. The average Bonchev–Trinajstić information content (AvgIpc) is 3.50. The molecule has 0 aromatic heterocycles. The molecule has 224 valence electrons. The topological polar surface area (TPSA) is 96.0 Å². The molecule has 0 saturated heterocycles. The summed E-state index contributed by atoms with van der Waals surface area (Å²) in [6.45, 7) is 1.32. The van der Waals surface area contributed by atoms with E-state index in [0.29, 0.717) is 27.8 Å². The van der Waals surface area contributed by atoms with Crippen molar-refractivity contribution in [3.8, 4) is 5.75 Å². The van der Waals surface area contributed by atoms with Crippen LogP contribution in [0, 0.1) is 0 Å². The lowest BCUT2D eigenvalue weighted by molar-refractivity contribution is -0.140. The number of nitrogens with one attached hydrogen (secondary N) is 1. The zero-order valence-corrected chi connectivity index (χ0v) is 26.0. The molecule has 8 nitrogen and oxygen atoms in total. The lowest BCUT2D eigenvalue weighted by atomic mass is 10.1. The summed E-state index contributed by atoms with van der Waals surface area (Å²) in [5.74, 6) is -0.315. The van der Waals surface area contributed by atoms with E-state index in [2.05, 4.69) is 5.32 Å². The van der Waals surface area contributed by atoms with Crippen LogP contribution in [0.15, 0.2) is 77.7 Å². The predicted molar refractivity (Wildman–Crippen MR) is 165 cm³/mol. The number of carbonyl (C=O) groups is 2. The van der Waals surface area contributed by atoms with Gasteiger partial charge in [0.25, 0.3) is 10.0 Å². The zero-order valence-electron chi connectivity index (χ0n) is 23.6. The monoisotopic (exact) mass is 631 g/mol. The third-order valence-corrected chi connectivity index (χ3v) is 9.84. The van der Waals surface area contributed by atoms with Crippen LogP contribution in [-0.2, 0) is 26.2 Å². The van der Waals surface area contributed by atoms with Gasteiger partial charge in [-0.3, -0.25) is 13.9 Å². The van der Waals surface area contributed by atoms with E-state index in [1.165, 1.54) is 24.1 Å². The first-order valence-corrected chi connectivity index (χ1v) is 16.1. The van der Waals surface area contributed by atoms with Crippen molar-refractivity contribution in [3.63, 3.8) is 0 Å². The molecule has 1 unspecified atom stereocenters. The molecule has 0 radical (unpaired) electrons. The molecule has 0 heterocycles. The first-order valence-electron chi connectivity index (χ1n) is 13.9. The SMILES string of the molecule is CCC(C(=O)NC1CCCC1)N(Cc1ccccc1Cl)C(=O)CN(c1ccc(Cl)cc1)S(=O)(=O)c1ccc(OC)cc1. The number of nitrogens with zero attached hydrogens (tertiary/aromatic N) is 2. The molecule has 11 heteroatoms. The number of halogens is 2. The van der Waals surface area contributed by atoms with E-state index in [0.717, 1.165) is 30.0 Å². The van der Waals surface area contributed by atoms with Gasteiger partial charge in [0.05, 0.1) is 17.7 Å². The molecule has 1 atom stereocenters. The lowest BCUT2D eigenvalue weighted by Gasteiger charge is -2.34. The molecule has 1 N–H and O–H groups in total. The molecule has 1 aliphatic carbocycles. The maximum atomic E-state index is 14.2. The first-order chi connectivity index (χ1) is 20.1.